The van der Waals surface area contributed by atoms with Gasteiger partial charge in [0.05, 0.1) is 12.5 Å². The number of piperidine rings is 1. The van der Waals surface area contributed by atoms with E-state index in [0.717, 1.165) is 50.0 Å². The van der Waals surface area contributed by atoms with Crippen molar-refractivity contribution in [2.24, 2.45) is 5.92 Å². The van der Waals surface area contributed by atoms with E-state index in [1.54, 1.807) is 0 Å². The summed E-state index contributed by atoms with van der Waals surface area (Å²) in [5, 5.41) is 14.4. The number of nitrogens with zero attached hydrogens (tertiary/aromatic N) is 3. The molecule has 1 atom stereocenters. The van der Waals surface area contributed by atoms with E-state index in [2.05, 4.69) is 10.1 Å². The first kappa shape index (κ1) is 17.9. The molecule has 1 aromatic carbocycles. The Hall–Kier alpha value is -1.92. The van der Waals surface area contributed by atoms with E-state index >= 15 is 0 Å². The molecule has 3 rings (SSSR count). The molecule has 25 heavy (non-hydrogen) atoms. The Morgan fingerprint density at radius 3 is 2.84 bits per heavy atom. The molecule has 1 fully saturated rings. The molecule has 0 bridgehead atoms. The fourth-order valence-corrected chi connectivity index (χ4v) is 3.56. The molecule has 136 valence electrons. The van der Waals surface area contributed by atoms with Gasteiger partial charge in [0.15, 0.2) is 5.58 Å². The zero-order valence-electron chi connectivity index (χ0n) is 15.0. The van der Waals surface area contributed by atoms with Gasteiger partial charge in [0.2, 0.25) is 5.91 Å². The van der Waals surface area contributed by atoms with Crippen molar-refractivity contribution in [1.82, 2.24) is 15.0 Å². The van der Waals surface area contributed by atoms with E-state index in [0.29, 0.717) is 11.6 Å². The number of hydrogen-bond acceptors (Lipinski definition) is 5. The summed E-state index contributed by atoms with van der Waals surface area (Å²) in [6.07, 6.45) is 2.13. The van der Waals surface area contributed by atoms with Gasteiger partial charge in [-0.25, -0.2) is 0 Å². The van der Waals surface area contributed by atoms with Crippen LogP contribution in [0, 0.1) is 5.92 Å². The third kappa shape index (κ3) is 4.58. The van der Waals surface area contributed by atoms with Crippen LogP contribution in [-0.4, -0.2) is 65.3 Å². The lowest BCUT2D eigenvalue weighted by Gasteiger charge is -2.34. The first-order valence-corrected chi connectivity index (χ1v) is 9.00. The average Bonchev–Trinajstić information content (AvgIpc) is 2.99. The summed E-state index contributed by atoms with van der Waals surface area (Å²) in [6.45, 7) is 5.32. The number of fused-ring (bicyclic) bond motifs is 1. The summed E-state index contributed by atoms with van der Waals surface area (Å²) in [4.78, 5) is 16.7. The minimum Gasteiger partial charge on any atom is -0.392 e. The van der Waals surface area contributed by atoms with Crippen molar-refractivity contribution in [2.45, 2.75) is 32.3 Å². The molecular weight excluding hydrogens is 318 g/mol. The average molecular weight is 345 g/mol. The molecule has 0 aliphatic carbocycles. The fraction of sp³-hybridized carbons (Fsp3) is 0.579. The number of benzene rings is 1. The zero-order chi connectivity index (χ0) is 17.8. The summed E-state index contributed by atoms with van der Waals surface area (Å²) in [7, 11) is 1.87. The van der Waals surface area contributed by atoms with Crippen molar-refractivity contribution in [3.05, 3.63) is 30.0 Å². The smallest absolute Gasteiger partial charge is 0.228 e. The first-order valence-electron chi connectivity index (χ1n) is 9.00. The van der Waals surface area contributed by atoms with E-state index in [-0.39, 0.29) is 18.4 Å². The second-order valence-corrected chi connectivity index (χ2v) is 7.17. The minimum absolute atomic E-state index is 0.0745. The van der Waals surface area contributed by atoms with Crippen molar-refractivity contribution < 1.29 is 14.4 Å². The Labute approximate surface area is 148 Å². The van der Waals surface area contributed by atoms with E-state index in [1.807, 2.05) is 43.1 Å². The second-order valence-electron chi connectivity index (χ2n) is 7.17. The first-order chi connectivity index (χ1) is 12.0. The topological polar surface area (TPSA) is 69.8 Å². The van der Waals surface area contributed by atoms with Crippen LogP contribution in [0.1, 0.15) is 25.5 Å². The number of hydrogen-bond donors (Lipinski definition) is 1. The number of amides is 1. The number of β-amino-alcohol motifs (C(OH)–C–C–N with tert-alkyl or cyclic N) is 1. The van der Waals surface area contributed by atoms with Crippen LogP contribution in [0.4, 0.5) is 0 Å². The normalized spacial score (nSPS) is 17.7. The number of aliphatic hydroxyl groups is 1. The maximum Gasteiger partial charge on any atom is 0.228 e. The molecule has 6 heteroatoms. The van der Waals surface area contributed by atoms with E-state index < -0.39 is 0 Å². The van der Waals surface area contributed by atoms with E-state index in [9.17, 15) is 9.90 Å². The molecule has 2 aromatic rings. The third-order valence-electron chi connectivity index (χ3n) is 4.96. The SMILES string of the molecule is CC(O)CN1CCC(CN(C)C(=O)Cc2noc3ccccc23)CC1. The zero-order valence-corrected chi connectivity index (χ0v) is 15.0. The molecule has 1 unspecified atom stereocenters. The van der Waals surface area contributed by atoms with Crippen LogP contribution in [0.5, 0.6) is 0 Å². The molecule has 1 amide bonds. The molecule has 1 aliphatic heterocycles. The molecule has 6 nitrogen and oxygen atoms in total. The number of aliphatic hydroxyl groups excluding tert-OH is 1. The van der Waals surface area contributed by atoms with Gasteiger partial charge in [0.25, 0.3) is 0 Å². The van der Waals surface area contributed by atoms with Crippen molar-refractivity contribution in [2.75, 3.05) is 33.2 Å². The maximum absolute atomic E-state index is 12.5. The van der Waals surface area contributed by atoms with E-state index in [1.165, 1.54) is 0 Å². The number of rotatable bonds is 6. The molecule has 0 saturated carbocycles. The molecule has 1 saturated heterocycles. The number of para-hydroxylation sites is 1. The molecule has 1 aromatic heterocycles. The Kier molecular flexibility index (Phi) is 5.71. The predicted octanol–water partition coefficient (Wildman–Crippen LogP) is 1.92. The van der Waals surface area contributed by atoms with Crippen molar-refractivity contribution in [3.8, 4) is 0 Å². The summed E-state index contributed by atoms with van der Waals surface area (Å²) in [6, 6.07) is 7.63. The lowest BCUT2D eigenvalue weighted by molar-refractivity contribution is -0.130. The standard InChI is InChI=1S/C19H27N3O3/c1-14(23)12-22-9-7-15(8-10-22)13-21(2)19(24)11-17-16-5-3-4-6-18(16)25-20-17/h3-6,14-15,23H,7-13H2,1-2H3. The molecule has 1 aliphatic rings. The van der Waals surface area contributed by atoms with Crippen LogP contribution in [0.15, 0.2) is 28.8 Å². The summed E-state index contributed by atoms with van der Waals surface area (Å²) in [5.41, 5.74) is 1.43. The Morgan fingerprint density at radius 1 is 1.40 bits per heavy atom. The second kappa shape index (κ2) is 7.97. The van der Waals surface area contributed by atoms with Crippen LogP contribution in [-0.2, 0) is 11.2 Å². The van der Waals surface area contributed by atoms with E-state index in [4.69, 9.17) is 4.52 Å². The lowest BCUT2D eigenvalue weighted by atomic mass is 9.96. The highest BCUT2D eigenvalue weighted by Gasteiger charge is 2.23. The van der Waals surface area contributed by atoms with Gasteiger partial charge in [0, 0.05) is 25.5 Å². The number of carbonyl (C=O) groups is 1. The highest BCUT2D eigenvalue weighted by atomic mass is 16.5. The predicted molar refractivity (Wildman–Crippen MR) is 96.2 cm³/mol. The number of aromatic nitrogens is 1. The van der Waals surface area contributed by atoms with Gasteiger partial charge in [-0.3, -0.25) is 4.79 Å². The van der Waals surface area contributed by atoms with Gasteiger partial charge in [-0.2, -0.15) is 0 Å². The molecule has 1 N–H and O–H groups in total. The van der Waals surface area contributed by atoms with Crippen LogP contribution < -0.4 is 0 Å². The number of carbonyl (C=O) groups excluding carboxylic acids is 1. The van der Waals surface area contributed by atoms with Crippen LogP contribution in [0.3, 0.4) is 0 Å². The van der Waals surface area contributed by atoms with Gasteiger partial charge in [-0.15, -0.1) is 0 Å². The highest BCUT2D eigenvalue weighted by molar-refractivity contribution is 5.86. The van der Waals surface area contributed by atoms with Crippen LogP contribution >= 0.6 is 0 Å². The molecular formula is C19H27N3O3. The quantitative estimate of drug-likeness (QED) is 0.866. The third-order valence-corrected chi connectivity index (χ3v) is 4.96. The van der Waals surface area contributed by atoms with Crippen molar-refractivity contribution in [1.29, 1.82) is 0 Å². The summed E-state index contributed by atoms with van der Waals surface area (Å²) >= 11 is 0. The van der Waals surface area contributed by atoms with Gasteiger partial charge >= 0.3 is 0 Å². The fourth-order valence-electron chi connectivity index (χ4n) is 3.56. The Balaban J connectivity index is 1.50. The van der Waals surface area contributed by atoms with Crippen LogP contribution in [0.2, 0.25) is 0 Å². The van der Waals surface area contributed by atoms with Gasteiger partial charge in [-0.05, 0) is 50.9 Å². The highest BCUT2D eigenvalue weighted by Crippen LogP contribution is 2.21. The Bertz CT molecular complexity index is 705. The maximum atomic E-state index is 12.5. The van der Waals surface area contributed by atoms with Crippen molar-refractivity contribution >= 4 is 16.9 Å². The Morgan fingerprint density at radius 2 is 2.12 bits per heavy atom. The molecule has 0 radical (unpaired) electrons. The van der Waals surface area contributed by atoms with Crippen LogP contribution in [0.25, 0.3) is 11.0 Å². The monoisotopic (exact) mass is 345 g/mol. The lowest BCUT2D eigenvalue weighted by Crippen LogP contribution is -2.41. The summed E-state index contributed by atoms with van der Waals surface area (Å²) < 4.78 is 5.28. The van der Waals surface area contributed by atoms with Gasteiger partial charge in [0.1, 0.15) is 5.69 Å². The summed E-state index contributed by atoms with van der Waals surface area (Å²) in [5.74, 6) is 0.596. The van der Waals surface area contributed by atoms with Gasteiger partial charge in [-0.1, -0.05) is 17.3 Å². The van der Waals surface area contributed by atoms with Crippen molar-refractivity contribution in [3.63, 3.8) is 0 Å². The largest absolute Gasteiger partial charge is 0.392 e. The minimum atomic E-state index is -0.280. The molecule has 2 heterocycles. The van der Waals surface area contributed by atoms with Gasteiger partial charge < -0.3 is 19.4 Å². The number of likely N-dealkylation sites (N-methyl/N-ethyl adjacent to an activating group) is 1. The molecule has 0 spiro atoms. The number of likely N-dealkylation sites (tertiary alicyclic amines) is 1.